The summed E-state index contributed by atoms with van der Waals surface area (Å²) in [6.07, 6.45) is 2.84. The summed E-state index contributed by atoms with van der Waals surface area (Å²) in [5, 5.41) is 26.9. The number of alkyl halides is 1. The Labute approximate surface area is 227 Å². The molecule has 1 fully saturated rings. The van der Waals surface area contributed by atoms with Gasteiger partial charge in [-0.1, -0.05) is 17.3 Å². The Morgan fingerprint density at radius 1 is 1.45 bits per heavy atom. The van der Waals surface area contributed by atoms with E-state index in [0.29, 0.717) is 5.56 Å². The lowest BCUT2D eigenvalue weighted by Crippen LogP contribution is -2.71. The van der Waals surface area contributed by atoms with E-state index in [1.54, 1.807) is 6.07 Å². The number of hydrogen-bond acceptors (Lipinski definition) is 12. The maximum absolute atomic E-state index is 13.0. The molecule has 17 heteroatoms. The molecular formula is C21H18ClN7O7S2. The first kappa shape index (κ1) is 27.0. The second-order valence-electron chi connectivity index (χ2n) is 7.74. The molecule has 0 aliphatic carbocycles. The number of nitrogen functional groups attached to an aromatic ring is 1. The van der Waals surface area contributed by atoms with Crippen LogP contribution in [0.25, 0.3) is 6.08 Å². The number of nitrogens with one attached hydrogen (secondary N) is 1. The molecule has 0 radical (unpaired) electrons. The number of aromatic nitrogens is 2. The maximum Gasteiger partial charge on any atom is 0.352 e. The molecule has 2 aliphatic heterocycles. The van der Waals surface area contributed by atoms with Crippen molar-refractivity contribution in [3.05, 3.63) is 62.6 Å². The van der Waals surface area contributed by atoms with Crippen LogP contribution in [0.2, 0.25) is 0 Å². The third-order valence-electron chi connectivity index (χ3n) is 5.45. The van der Waals surface area contributed by atoms with Gasteiger partial charge in [0.05, 0.1) is 10.5 Å². The fourth-order valence-electron chi connectivity index (χ4n) is 3.75. The summed E-state index contributed by atoms with van der Waals surface area (Å²) < 4.78 is 3.92. The van der Waals surface area contributed by atoms with E-state index < -0.39 is 34.1 Å². The van der Waals surface area contributed by atoms with Gasteiger partial charge in [0, 0.05) is 29.2 Å². The van der Waals surface area contributed by atoms with Gasteiger partial charge < -0.3 is 21.0 Å². The van der Waals surface area contributed by atoms with Crippen LogP contribution in [0.15, 0.2) is 40.7 Å². The Balaban J connectivity index is 1.57. The van der Waals surface area contributed by atoms with Gasteiger partial charge in [-0.05, 0) is 23.3 Å². The number of nitro groups is 1. The minimum atomic E-state index is -1.36. The highest BCUT2D eigenvalue weighted by Gasteiger charge is 2.54. The fourth-order valence-corrected chi connectivity index (χ4v) is 5.67. The molecule has 198 valence electrons. The number of amides is 2. The molecule has 38 heavy (non-hydrogen) atoms. The Morgan fingerprint density at radius 3 is 2.82 bits per heavy atom. The van der Waals surface area contributed by atoms with Crippen LogP contribution in [0, 0.1) is 10.1 Å². The number of anilines is 1. The first-order valence-electron chi connectivity index (χ1n) is 10.6. The zero-order valence-electron chi connectivity index (χ0n) is 19.4. The van der Waals surface area contributed by atoms with Crippen LogP contribution in [0.3, 0.4) is 0 Å². The smallest absolute Gasteiger partial charge is 0.352 e. The summed E-state index contributed by atoms with van der Waals surface area (Å²) >= 11 is 7.83. The SMILES string of the molecule is CO/N=C(\C(=O)N[C@@H]1C(=O)N2C(C(=O)O)=C(/C=C/c3ccc(CCl)cc3[N+](=O)[O-])CS[C@H]12)c1nsc(N)n1. The lowest BCUT2D eigenvalue weighted by Gasteiger charge is -2.49. The summed E-state index contributed by atoms with van der Waals surface area (Å²) in [5.41, 5.74) is 5.88. The number of rotatable bonds is 9. The van der Waals surface area contributed by atoms with Crippen LogP contribution >= 0.6 is 34.9 Å². The maximum atomic E-state index is 13.0. The monoisotopic (exact) mass is 579 g/mol. The fraction of sp³-hybridized carbons (Fsp3) is 0.238. The molecule has 1 aromatic carbocycles. The molecule has 0 saturated carbocycles. The molecular weight excluding hydrogens is 562 g/mol. The predicted octanol–water partition coefficient (Wildman–Crippen LogP) is 1.57. The standard InChI is InChI=1S/C21H18ClN7O7S2/c1-36-26-13(16-25-21(23)38-27-16)17(30)24-14-18(31)28-15(20(32)33)11(8-37-19(14)28)5-4-10-3-2-9(7-22)6-12(10)29(34)35/h2-6,14,19H,7-8H2,1H3,(H,24,30)(H,32,33)(H2,23,25,27)/b5-4+,26-13-/t14-,19-/m1/s1. The van der Waals surface area contributed by atoms with Gasteiger partial charge in [-0.3, -0.25) is 24.6 Å². The Morgan fingerprint density at radius 2 is 2.21 bits per heavy atom. The number of nitro benzene ring substituents is 1. The first-order chi connectivity index (χ1) is 18.2. The van der Waals surface area contributed by atoms with Gasteiger partial charge in [0.25, 0.3) is 17.5 Å². The van der Waals surface area contributed by atoms with Crippen LogP contribution in [-0.4, -0.2) is 72.1 Å². The number of carboxylic acids is 1. The van der Waals surface area contributed by atoms with Gasteiger partial charge in [-0.15, -0.1) is 23.4 Å². The number of carbonyl (C=O) groups excluding carboxylic acids is 2. The number of nitrogens with two attached hydrogens (primary N) is 1. The second-order valence-corrected chi connectivity index (χ2v) is 9.89. The average molecular weight is 580 g/mol. The van der Waals surface area contributed by atoms with Crippen molar-refractivity contribution < 1.29 is 29.3 Å². The second kappa shape index (κ2) is 11.2. The largest absolute Gasteiger partial charge is 0.477 e. The van der Waals surface area contributed by atoms with Crippen molar-refractivity contribution >= 4 is 75.3 Å². The van der Waals surface area contributed by atoms with E-state index in [9.17, 15) is 29.6 Å². The van der Waals surface area contributed by atoms with E-state index >= 15 is 0 Å². The van der Waals surface area contributed by atoms with Gasteiger partial charge in [-0.2, -0.15) is 9.36 Å². The molecule has 1 aromatic heterocycles. The zero-order chi connectivity index (χ0) is 27.6. The topological polar surface area (TPSA) is 203 Å². The normalized spacial score (nSPS) is 19.3. The van der Waals surface area contributed by atoms with Crippen molar-refractivity contribution in [1.29, 1.82) is 0 Å². The number of benzene rings is 1. The van der Waals surface area contributed by atoms with Crippen molar-refractivity contribution in [3.8, 4) is 0 Å². The van der Waals surface area contributed by atoms with Gasteiger partial charge in [0.2, 0.25) is 11.5 Å². The number of thioether (sulfide) groups is 1. The molecule has 4 N–H and O–H groups in total. The Bertz CT molecular complexity index is 1420. The minimum Gasteiger partial charge on any atom is -0.477 e. The number of hydrogen-bond donors (Lipinski definition) is 3. The zero-order valence-corrected chi connectivity index (χ0v) is 21.7. The van der Waals surface area contributed by atoms with Gasteiger partial charge in [-0.25, -0.2) is 4.79 Å². The summed E-state index contributed by atoms with van der Waals surface area (Å²) in [6, 6.07) is 3.43. The molecule has 0 unspecified atom stereocenters. The van der Waals surface area contributed by atoms with E-state index in [-0.39, 0.29) is 50.8 Å². The Hall–Kier alpha value is -4.02. The summed E-state index contributed by atoms with van der Waals surface area (Å²) in [5.74, 6) is -2.64. The van der Waals surface area contributed by atoms with Crippen molar-refractivity contribution in [1.82, 2.24) is 19.6 Å². The minimum absolute atomic E-state index is 0.0847. The van der Waals surface area contributed by atoms with Crippen LogP contribution < -0.4 is 11.1 Å². The van der Waals surface area contributed by atoms with Crippen LogP contribution in [0.4, 0.5) is 10.8 Å². The lowest BCUT2D eigenvalue weighted by molar-refractivity contribution is -0.385. The van der Waals surface area contributed by atoms with Crippen molar-refractivity contribution in [2.75, 3.05) is 18.6 Å². The molecule has 3 heterocycles. The van der Waals surface area contributed by atoms with Gasteiger partial charge >= 0.3 is 5.97 Å². The first-order valence-corrected chi connectivity index (χ1v) is 13.0. The van der Waals surface area contributed by atoms with E-state index in [1.807, 2.05) is 0 Å². The van der Waals surface area contributed by atoms with E-state index in [4.69, 9.17) is 17.3 Å². The molecule has 2 aliphatic rings. The highest BCUT2D eigenvalue weighted by atomic mass is 35.5. The van der Waals surface area contributed by atoms with Crippen molar-refractivity contribution in [2.24, 2.45) is 5.16 Å². The summed E-state index contributed by atoms with van der Waals surface area (Å²) in [6.45, 7) is 0. The molecule has 14 nitrogen and oxygen atoms in total. The summed E-state index contributed by atoms with van der Waals surface area (Å²) in [4.78, 5) is 58.4. The molecule has 2 aromatic rings. The number of halogens is 1. The van der Waals surface area contributed by atoms with E-state index in [1.165, 1.54) is 43.2 Å². The van der Waals surface area contributed by atoms with Gasteiger partial charge in [0.15, 0.2) is 5.13 Å². The van der Waals surface area contributed by atoms with E-state index in [2.05, 4.69) is 24.7 Å². The highest BCUT2D eigenvalue weighted by Crippen LogP contribution is 2.41. The Kier molecular flexibility index (Phi) is 7.94. The number of fused-ring (bicyclic) bond motifs is 1. The predicted molar refractivity (Wildman–Crippen MR) is 139 cm³/mol. The number of nitrogens with zero attached hydrogens (tertiary/aromatic N) is 5. The third-order valence-corrected chi connectivity index (χ3v) is 7.60. The number of aliphatic carboxylic acids is 1. The summed E-state index contributed by atoms with van der Waals surface area (Å²) in [7, 11) is 1.22. The number of carboxylic acid groups (broad SMARTS) is 1. The quantitative estimate of drug-likeness (QED) is 0.128. The van der Waals surface area contributed by atoms with Crippen LogP contribution in [-0.2, 0) is 25.1 Å². The molecule has 2 amide bonds. The van der Waals surface area contributed by atoms with E-state index in [0.717, 1.165) is 16.4 Å². The molecule has 0 spiro atoms. The molecule has 1 saturated heterocycles. The lowest BCUT2D eigenvalue weighted by atomic mass is 10.0. The number of oxime groups is 1. The highest BCUT2D eigenvalue weighted by molar-refractivity contribution is 8.00. The number of β-lactam (4-membered cyclic amide) rings is 1. The van der Waals surface area contributed by atoms with Gasteiger partial charge in [0.1, 0.15) is 24.2 Å². The van der Waals surface area contributed by atoms with Crippen LogP contribution in [0.1, 0.15) is 17.0 Å². The molecule has 0 bridgehead atoms. The number of allylic oxidation sites excluding steroid dienone is 1. The molecule has 4 rings (SSSR count). The van der Waals surface area contributed by atoms with Crippen molar-refractivity contribution in [2.45, 2.75) is 17.3 Å². The average Bonchev–Trinajstić information content (AvgIpc) is 3.33. The third kappa shape index (κ3) is 5.18. The van der Waals surface area contributed by atoms with Crippen LogP contribution in [0.5, 0.6) is 0 Å². The van der Waals surface area contributed by atoms with Crippen molar-refractivity contribution in [3.63, 3.8) is 0 Å². The molecule has 2 atom stereocenters. The number of carbonyl (C=O) groups is 3.